The van der Waals surface area contributed by atoms with Crippen LogP contribution in [0.5, 0.6) is 0 Å². The van der Waals surface area contributed by atoms with Gasteiger partial charge in [-0.05, 0) is 29.1 Å². The van der Waals surface area contributed by atoms with Gasteiger partial charge < -0.3 is 9.64 Å². The standard InChI is InChI=1S/C17H16N4O/c18-20-19-17-10-11-22-16(17)21(12-13-6-2-1-3-7-13)15-9-5-4-8-14(15)17/h1-9,16H,10-12H2/t16-,17+/m0/s1. The minimum Gasteiger partial charge on any atom is -0.357 e. The van der Waals surface area contributed by atoms with Crippen molar-refractivity contribution < 1.29 is 4.74 Å². The molecule has 0 amide bonds. The molecule has 0 bridgehead atoms. The van der Waals surface area contributed by atoms with Crippen LogP contribution in [0.25, 0.3) is 10.4 Å². The number of ether oxygens (including phenoxy) is 1. The maximum Gasteiger partial charge on any atom is 0.146 e. The maximum absolute atomic E-state index is 9.05. The Balaban J connectivity index is 1.81. The van der Waals surface area contributed by atoms with Crippen molar-refractivity contribution in [2.45, 2.75) is 24.7 Å². The predicted molar refractivity (Wildman–Crippen MR) is 84.2 cm³/mol. The van der Waals surface area contributed by atoms with E-state index in [-0.39, 0.29) is 6.23 Å². The van der Waals surface area contributed by atoms with Gasteiger partial charge in [-0.1, -0.05) is 53.6 Å². The van der Waals surface area contributed by atoms with Crippen LogP contribution in [0.3, 0.4) is 0 Å². The van der Waals surface area contributed by atoms with Crippen LogP contribution in [0.4, 0.5) is 5.69 Å². The Bertz CT molecular complexity index is 741. The second-order valence-corrected chi connectivity index (χ2v) is 5.72. The van der Waals surface area contributed by atoms with E-state index >= 15 is 0 Å². The van der Waals surface area contributed by atoms with E-state index in [0.29, 0.717) is 6.61 Å². The second kappa shape index (κ2) is 5.05. The highest BCUT2D eigenvalue weighted by atomic mass is 16.5. The number of rotatable bonds is 3. The zero-order valence-electron chi connectivity index (χ0n) is 12.1. The summed E-state index contributed by atoms with van der Waals surface area (Å²) < 4.78 is 5.96. The Morgan fingerprint density at radius 3 is 2.77 bits per heavy atom. The van der Waals surface area contributed by atoms with Crippen molar-refractivity contribution in [1.29, 1.82) is 0 Å². The van der Waals surface area contributed by atoms with E-state index < -0.39 is 5.54 Å². The first-order chi connectivity index (χ1) is 10.8. The lowest BCUT2D eigenvalue weighted by molar-refractivity contribution is 0.0840. The van der Waals surface area contributed by atoms with Gasteiger partial charge in [0, 0.05) is 17.1 Å². The summed E-state index contributed by atoms with van der Waals surface area (Å²) in [5, 5.41) is 4.16. The maximum atomic E-state index is 9.05. The summed E-state index contributed by atoms with van der Waals surface area (Å²) >= 11 is 0. The van der Waals surface area contributed by atoms with Crippen molar-refractivity contribution in [3.8, 4) is 0 Å². The summed E-state index contributed by atoms with van der Waals surface area (Å²) in [5.74, 6) is 0. The van der Waals surface area contributed by atoms with Crippen LogP contribution in [-0.4, -0.2) is 12.8 Å². The molecule has 2 aliphatic rings. The van der Waals surface area contributed by atoms with E-state index in [2.05, 4.69) is 39.2 Å². The smallest absolute Gasteiger partial charge is 0.146 e. The summed E-state index contributed by atoms with van der Waals surface area (Å²) in [5.41, 5.74) is 11.8. The molecule has 2 aromatic rings. The number of azide groups is 1. The lowest BCUT2D eigenvalue weighted by Gasteiger charge is -2.29. The molecular weight excluding hydrogens is 276 g/mol. The summed E-state index contributed by atoms with van der Waals surface area (Å²) in [6.45, 7) is 1.36. The van der Waals surface area contributed by atoms with Gasteiger partial charge >= 0.3 is 0 Å². The van der Waals surface area contributed by atoms with Gasteiger partial charge in [0.2, 0.25) is 0 Å². The molecular formula is C17H16N4O. The molecule has 0 N–H and O–H groups in total. The Labute approximate surface area is 128 Å². The molecule has 2 aromatic carbocycles. The molecule has 2 aliphatic heterocycles. The SMILES string of the molecule is [N-]=[N+]=N[C@@]12CCO[C@@H]1N(Cc1ccccc1)c1ccccc12. The molecule has 5 nitrogen and oxygen atoms in total. The number of benzene rings is 2. The number of hydrogen-bond acceptors (Lipinski definition) is 3. The fourth-order valence-corrected chi connectivity index (χ4v) is 3.60. The second-order valence-electron chi connectivity index (χ2n) is 5.72. The Hall–Kier alpha value is -2.49. The van der Waals surface area contributed by atoms with Gasteiger partial charge in [-0.15, -0.1) is 0 Å². The van der Waals surface area contributed by atoms with Crippen molar-refractivity contribution in [2.24, 2.45) is 5.11 Å². The van der Waals surface area contributed by atoms with Gasteiger partial charge in [-0.2, -0.15) is 0 Å². The van der Waals surface area contributed by atoms with Crippen LogP contribution < -0.4 is 4.90 Å². The highest BCUT2D eigenvalue weighted by Crippen LogP contribution is 2.52. The number of para-hydroxylation sites is 1. The molecule has 110 valence electrons. The molecule has 0 aliphatic carbocycles. The van der Waals surface area contributed by atoms with Gasteiger partial charge in [-0.3, -0.25) is 0 Å². The van der Waals surface area contributed by atoms with Gasteiger partial charge in [0.15, 0.2) is 0 Å². The van der Waals surface area contributed by atoms with Crippen LogP contribution in [0.2, 0.25) is 0 Å². The summed E-state index contributed by atoms with van der Waals surface area (Å²) in [6.07, 6.45) is 0.505. The third-order valence-corrected chi connectivity index (χ3v) is 4.55. The van der Waals surface area contributed by atoms with Crippen LogP contribution in [0.1, 0.15) is 17.5 Å². The Morgan fingerprint density at radius 1 is 1.18 bits per heavy atom. The van der Waals surface area contributed by atoms with Gasteiger partial charge in [0.05, 0.1) is 6.61 Å². The Kier molecular flexibility index (Phi) is 3.03. The molecule has 2 atom stereocenters. The topological polar surface area (TPSA) is 61.2 Å². The van der Waals surface area contributed by atoms with Crippen molar-refractivity contribution in [1.82, 2.24) is 0 Å². The minimum atomic E-state index is -0.597. The van der Waals surface area contributed by atoms with Crippen molar-refractivity contribution in [3.05, 3.63) is 76.2 Å². The summed E-state index contributed by atoms with van der Waals surface area (Å²) in [6, 6.07) is 18.4. The normalized spacial score (nSPS) is 25.5. The number of fused-ring (bicyclic) bond motifs is 3. The molecule has 2 heterocycles. The average Bonchev–Trinajstić information content (AvgIpc) is 3.07. The van der Waals surface area contributed by atoms with E-state index in [1.165, 1.54) is 5.56 Å². The van der Waals surface area contributed by atoms with Crippen LogP contribution in [0.15, 0.2) is 59.7 Å². The third kappa shape index (κ3) is 1.80. The molecule has 5 heteroatoms. The first-order valence-corrected chi connectivity index (χ1v) is 7.43. The molecule has 0 saturated carbocycles. The van der Waals surface area contributed by atoms with E-state index in [0.717, 1.165) is 24.2 Å². The largest absolute Gasteiger partial charge is 0.357 e. The zero-order chi connectivity index (χ0) is 15.0. The van der Waals surface area contributed by atoms with E-state index in [9.17, 15) is 0 Å². The highest BCUT2D eigenvalue weighted by Gasteiger charge is 2.54. The fraction of sp³-hybridized carbons (Fsp3) is 0.294. The zero-order valence-corrected chi connectivity index (χ0v) is 12.1. The van der Waals surface area contributed by atoms with E-state index in [4.69, 9.17) is 10.3 Å². The lowest BCUT2D eigenvalue weighted by Crippen LogP contribution is -2.40. The number of anilines is 1. The predicted octanol–water partition coefficient (Wildman–Crippen LogP) is 3.96. The minimum absolute atomic E-state index is 0.221. The summed E-state index contributed by atoms with van der Waals surface area (Å²) in [7, 11) is 0. The van der Waals surface area contributed by atoms with Gasteiger partial charge in [-0.25, -0.2) is 0 Å². The van der Waals surface area contributed by atoms with Crippen molar-refractivity contribution in [2.75, 3.05) is 11.5 Å². The summed E-state index contributed by atoms with van der Waals surface area (Å²) in [4.78, 5) is 5.32. The van der Waals surface area contributed by atoms with E-state index in [1.54, 1.807) is 0 Å². The average molecular weight is 292 g/mol. The quantitative estimate of drug-likeness (QED) is 0.488. The first-order valence-electron chi connectivity index (χ1n) is 7.43. The molecule has 1 saturated heterocycles. The van der Waals surface area contributed by atoms with Crippen molar-refractivity contribution >= 4 is 5.69 Å². The highest BCUT2D eigenvalue weighted by molar-refractivity contribution is 5.64. The lowest BCUT2D eigenvalue weighted by atomic mass is 9.90. The molecule has 4 rings (SSSR count). The monoisotopic (exact) mass is 292 g/mol. The molecule has 22 heavy (non-hydrogen) atoms. The molecule has 0 radical (unpaired) electrons. The van der Waals surface area contributed by atoms with Crippen molar-refractivity contribution in [3.63, 3.8) is 0 Å². The fourth-order valence-electron chi connectivity index (χ4n) is 3.60. The first kappa shape index (κ1) is 13.2. The number of nitrogens with zero attached hydrogens (tertiary/aromatic N) is 4. The third-order valence-electron chi connectivity index (χ3n) is 4.55. The molecule has 0 spiro atoms. The molecule has 1 fully saturated rings. The van der Waals surface area contributed by atoms with E-state index in [1.807, 2.05) is 30.3 Å². The Morgan fingerprint density at radius 2 is 1.95 bits per heavy atom. The molecule has 0 aromatic heterocycles. The van der Waals surface area contributed by atoms with Gasteiger partial charge in [0.25, 0.3) is 0 Å². The van der Waals surface area contributed by atoms with Crippen LogP contribution in [-0.2, 0) is 16.8 Å². The van der Waals surface area contributed by atoms with Crippen LogP contribution in [0, 0.1) is 0 Å². The molecule has 0 unspecified atom stereocenters. The van der Waals surface area contributed by atoms with Gasteiger partial charge in [0.1, 0.15) is 11.8 Å². The number of hydrogen-bond donors (Lipinski definition) is 0. The van der Waals surface area contributed by atoms with Crippen LogP contribution >= 0.6 is 0 Å².